The number of thiazole rings is 1. The first-order valence-corrected chi connectivity index (χ1v) is 7.86. The Morgan fingerprint density at radius 1 is 1.52 bits per heavy atom. The fourth-order valence-electron chi connectivity index (χ4n) is 2.78. The van der Waals surface area contributed by atoms with Gasteiger partial charge in [-0.25, -0.2) is 4.98 Å². The van der Waals surface area contributed by atoms with E-state index in [0.29, 0.717) is 17.3 Å². The fraction of sp³-hybridized carbons (Fsp3) is 0.500. The lowest BCUT2D eigenvalue weighted by molar-refractivity contribution is 0.0748. The molecule has 0 aliphatic carbocycles. The molecule has 1 aliphatic heterocycles. The zero-order valence-corrected chi connectivity index (χ0v) is 13.0. The van der Waals surface area contributed by atoms with E-state index >= 15 is 0 Å². The molecule has 0 aromatic carbocycles. The van der Waals surface area contributed by atoms with Crippen LogP contribution in [0.1, 0.15) is 23.0 Å². The summed E-state index contributed by atoms with van der Waals surface area (Å²) in [4.78, 5) is 19.5. The van der Waals surface area contributed by atoms with Crippen molar-refractivity contribution in [3.05, 3.63) is 23.5 Å². The quantitative estimate of drug-likeness (QED) is 0.928. The summed E-state index contributed by atoms with van der Waals surface area (Å²) in [7, 11) is 1.86. The molecule has 3 rings (SSSR count). The van der Waals surface area contributed by atoms with Crippen molar-refractivity contribution in [3.63, 3.8) is 0 Å². The van der Waals surface area contributed by atoms with E-state index in [2.05, 4.69) is 17.0 Å². The van der Waals surface area contributed by atoms with Crippen LogP contribution in [0.3, 0.4) is 0 Å². The number of nitrogens with two attached hydrogens (primary N) is 1. The van der Waals surface area contributed by atoms with Crippen molar-refractivity contribution >= 4 is 17.2 Å². The van der Waals surface area contributed by atoms with E-state index in [-0.39, 0.29) is 11.9 Å². The van der Waals surface area contributed by atoms with Gasteiger partial charge in [0, 0.05) is 31.4 Å². The average Bonchev–Trinajstić information content (AvgIpc) is 3.16. The van der Waals surface area contributed by atoms with Gasteiger partial charge in [0.25, 0.3) is 5.91 Å². The van der Waals surface area contributed by atoms with Crippen molar-refractivity contribution in [2.24, 2.45) is 18.7 Å². The molecular formula is C14H19N5OS. The van der Waals surface area contributed by atoms with Gasteiger partial charge in [-0.3, -0.25) is 9.48 Å². The predicted molar refractivity (Wildman–Crippen MR) is 82.0 cm³/mol. The number of nitrogens with zero attached hydrogens (tertiary/aromatic N) is 4. The summed E-state index contributed by atoms with van der Waals surface area (Å²) < 4.78 is 1.73. The Morgan fingerprint density at radius 3 is 2.95 bits per heavy atom. The first-order valence-electron chi connectivity index (χ1n) is 7.04. The van der Waals surface area contributed by atoms with Gasteiger partial charge < -0.3 is 10.6 Å². The van der Waals surface area contributed by atoms with Gasteiger partial charge in [-0.15, -0.1) is 11.3 Å². The highest BCUT2D eigenvalue weighted by Crippen LogP contribution is 2.29. The van der Waals surface area contributed by atoms with E-state index in [0.717, 1.165) is 23.5 Å². The Morgan fingerprint density at radius 2 is 2.33 bits per heavy atom. The number of amides is 1. The van der Waals surface area contributed by atoms with E-state index in [1.54, 1.807) is 17.1 Å². The smallest absolute Gasteiger partial charge is 0.265 e. The summed E-state index contributed by atoms with van der Waals surface area (Å²) in [5.74, 6) is 0.473. The Hall–Kier alpha value is -1.73. The van der Waals surface area contributed by atoms with Gasteiger partial charge in [0.05, 0.1) is 12.4 Å². The lowest BCUT2D eigenvalue weighted by atomic mass is 10.1. The second-order valence-electron chi connectivity index (χ2n) is 5.58. The minimum Gasteiger partial charge on any atom is -0.335 e. The Kier molecular flexibility index (Phi) is 3.77. The molecule has 0 spiro atoms. The maximum Gasteiger partial charge on any atom is 0.265 e. The number of hydrogen-bond acceptors (Lipinski definition) is 5. The molecule has 0 saturated carbocycles. The molecule has 0 radical (unpaired) electrons. The number of rotatable bonds is 3. The maximum absolute atomic E-state index is 12.6. The third-order valence-electron chi connectivity index (χ3n) is 3.92. The van der Waals surface area contributed by atoms with E-state index < -0.39 is 0 Å². The van der Waals surface area contributed by atoms with Crippen LogP contribution in [0.5, 0.6) is 0 Å². The number of carbonyl (C=O) groups excluding carboxylic acids is 1. The number of aryl methyl sites for hydroxylation is 1. The number of hydrogen-bond donors (Lipinski definition) is 1. The first kappa shape index (κ1) is 14.2. The van der Waals surface area contributed by atoms with Crippen LogP contribution in [-0.2, 0) is 7.05 Å². The highest BCUT2D eigenvalue weighted by Gasteiger charge is 2.32. The highest BCUT2D eigenvalue weighted by atomic mass is 32.1. The van der Waals surface area contributed by atoms with Crippen LogP contribution in [0.25, 0.3) is 10.6 Å². The summed E-state index contributed by atoms with van der Waals surface area (Å²) in [6.45, 7) is 3.46. The summed E-state index contributed by atoms with van der Waals surface area (Å²) >= 11 is 1.42. The van der Waals surface area contributed by atoms with E-state index in [4.69, 9.17) is 5.73 Å². The maximum atomic E-state index is 12.6. The molecule has 2 unspecified atom stereocenters. The van der Waals surface area contributed by atoms with Crippen molar-refractivity contribution in [1.82, 2.24) is 19.7 Å². The van der Waals surface area contributed by atoms with Crippen LogP contribution < -0.4 is 5.73 Å². The van der Waals surface area contributed by atoms with Crippen molar-refractivity contribution < 1.29 is 4.79 Å². The topological polar surface area (TPSA) is 77.0 Å². The molecule has 1 aliphatic rings. The molecule has 112 valence electrons. The Balaban J connectivity index is 1.78. The lowest BCUT2D eigenvalue weighted by Gasteiger charge is -2.20. The fourth-order valence-corrected chi connectivity index (χ4v) is 3.62. The second kappa shape index (κ2) is 5.57. The van der Waals surface area contributed by atoms with E-state index in [9.17, 15) is 4.79 Å². The van der Waals surface area contributed by atoms with Gasteiger partial charge >= 0.3 is 0 Å². The van der Waals surface area contributed by atoms with Crippen LogP contribution in [0.15, 0.2) is 18.6 Å². The van der Waals surface area contributed by atoms with E-state index in [1.165, 1.54) is 11.3 Å². The standard InChI is InChI=1S/C14H19N5OS/c1-9-3-10(4-15)7-19(9)14(20)12-6-16-13(21-12)11-5-17-18(2)8-11/h5-6,8-10H,3-4,7,15H2,1-2H3. The number of aromatic nitrogens is 3. The molecule has 1 amide bonds. The van der Waals surface area contributed by atoms with Gasteiger partial charge in [0.15, 0.2) is 0 Å². The van der Waals surface area contributed by atoms with Crippen molar-refractivity contribution in [2.45, 2.75) is 19.4 Å². The largest absolute Gasteiger partial charge is 0.335 e. The molecule has 1 fully saturated rings. The van der Waals surface area contributed by atoms with Crippen LogP contribution in [0.2, 0.25) is 0 Å². The van der Waals surface area contributed by atoms with Crippen molar-refractivity contribution in [1.29, 1.82) is 0 Å². The minimum absolute atomic E-state index is 0.0612. The summed E-state index contributed by atoms with van der Waals surface area (Å²) in [5.41, 5.74) is 6.66. The molecule has 2 N–H and O–H groups in total. The zero-order chi connectivity index (χ0) is 15.0. The summed E-state index contributed by atoms with van der Waals surface area (Å²) in [6.07, 6.45) is 6.31. The average molecular weight is 305 g/mol. The molecule has 1 saturated heterocycles. The summed E-state index contributed by atoms with van der Waals surface area (Å²) in [6, 6.07) is 0.245. The summed E-state index contributed by atoms with van der Waals surface area (Å²) in [5, 5.41) is 4.96. The molecule has 7 heteroatoms. The Bertz CT molecular complexity index is 649. The van der Waals surface area contributed by atoms with Crippen LogP contribution in [0, 0.1) is 5.92 Å². The monoisotopic (exact) mass is 305 g/mol. The molecule has 2 aromatic rings. The molecule has 0 bridgehead atoms. The van der Waals surface area contributed by atoms with Crippen LogP contribution in [0.4, 0.5) is 0 Å². The molecule has 6 nitrogen and oxygen atoms in total. The molecule has 21 heavy (non-hydrogen) atoms. The van der Waals surface area contributed by atoms with Gasteiger partial charge in [0.1, 0.15) is 9.88 Å². The Labute approximate surface area is 127 Å². The SMILES string of the molecule is CC1CC(CN)CN1C(=O)c1cnc(-c2cnn(C)c2)s1. The van der Waals surface area contributed by atoms with Crippen LogP contribution >= 0.6 is 11.3 Å². The third kappa shape index (κ3) is 2.71. The third-order valence-corrected chi connectivity index (χ3v) is 4.96. The van der Waals surface area contributed by atoms with Gasteiger partial charge in [-0.05, 0) is 25.8 Å². The van der Waals surface area contributed by atoms with Crippen LogP contribution in [-0.4, -0.2) is 44.7 Å². The predicted octanol–water partition coefficient (Wildman–Crippen LogP) is 1.35. The number of carbonyl (C=O) groups is 1. The lowest BCUT2D eigenvalue weighted by Crippen LogP contribution is -2.33. The minimum atomic E-state index is 0.0612. The van der Waals surface area contributed by atoms with Gasteiger partial charge in [0.2, 0.25) is 0 Å². The molecular weight excluding hydrogens is 286 g/mol. The van der Waals surface area contributed by atoms with E-state index in [1.807, 2.05) is 18.1 Å². The number of likely N-dealkylation sites (tertiary alicyclic amines) is 1. The van der Waals surface area contributed by atoms with Crippen molar-refractivity contribution in [2.75, 3.05) is 13.1 Å². The van der Waals surface area contributed by atoms with Gasteiger partial charge in [-0.2, -0.15) is 5.10 Å². The molecule has 2 aromatic heterocycles. The zero-order valence-electron chi connectivity index (χ0n) is 12.2. The molecule has 2 atom stereocenters. The second-order valence-corrected chi connectivity index (χ2v) is 6.61. The first-order chi connectivity index (χ1) is 10.1. The highest BCUT2D eigenvalue weighted by molar-refractivity contribution is 7.16. The van der Waals surface area contributed by atoms with Gasteiger partial charge in [-0.1, -0.05) is 0 Å². The molecule has 3 heterocycles. The normalized spacial score (nSPS) is 22.0. The van der Waals surface area contributed by atoms with Crippen molar-refractivity contribution in [3.8, 4) is 10.6 Å².